The fourth-order valence-corrected chi connectivity index (χ4v) is 2.68. The van der Waals surface area contributed by atoms with E-state index < -0.39 is 15.1 Å². The van der Waals surface area contributed by atoms with Crippen LogP contribution in [0.1, 0.15) is 56.4 Å². The topological polar surface area (TPSA) is 112 Å². The summed E-state index contributed by atoms with van der Waals surface area (Å²) in [6.45, 7) is 8.84. The first-order valence-corrected chi connectivity index (χ1v) is 8.16. The number of sulfone groups is 1. The highest BCUT2D eigenvalue weighted by Gasteiger charge is 2.31. The largest absolute Gasteiger partial charge is 0.339 e. The van der Waals surface area contributed by atoms with Crippen molar-refractivity contribution < 1.29 is 17.5 Å². The molecule has 2 heterocycles. The van der Waals surface area contributed by atoms with Gasteiger partial charge in [-0.2, -0.15) is 9.97 Å². The number of hydrogen-bond donors (Lipinski definition) is 0. The Bertz CT molecular complexity index is 727. The van der Waals surface area contributed by atoms with Gasteiger partial charge in [-0.1, -0.05) is 31.1 Å². The summed E-state index contributed by atoms with van der Waals surface area (Å²) in [4.78, 5) is 8.07. The van der Waals surface area contributed by atoms with Crippen LogP contribution >= 0.6 is 0 Å². The van der Waals surface area contributed by atoms with Crippen molar-refractivity contribution in [3.8, 4) is 0 Å². The summed E-state index contributed by atoms with van der Waals surface area (Å²) in [7, 11) is -3.57. The molecule has 0 aliphatic heterocycles. The van der Waals surface area contributed by atoms with Crippen molar-refractivity contribution >= 4 is 9.84 Å². The Labute approximate surface area is 122 Å². The van der Waals surface area contributed by atoms with Gasteiger partial charge in [0, 0.05) is 5.41 Å². The normalized spacial score (nSPS) is 14.3. The van der Waals surface area contributed by atoms with Crippen molar-refractivity contribution in [2.75, 3.05) is 0 Å². The molecule has 2 aromatic heterocycles. The minimum absolute atomic E-state index is 0.0621. The van der Waals surface area contributed by atoms with Crippen molar-refractivity contribution in [1.29, 1.82) is 0 Å². The van der Waals surface area contributed by atoms with Gasteiger partial charge in [-0.25, -0.2) is 8.42 Å². The van der Waals surface area contributed by atoms with E-state index in [4.69, 9.17) is 9.05 Å². The van der Waals surface area contributed by atoms with Gasteiger partial charge < -0.3 is 9.05 Å². The lowest BCUT2D eigenvalue weighted by Crippen LogP contribution is -2.15. The SMILES string of the molecule is Cc1noc(C(C)S(=O)(=O)Cc2noc(C(C)(C)C)n2)n1. The minimum Gasteiger partial charge on any atom is -0.339 e. The molecule has 0 saturated carbocycles. The van der Waals surface area contributed by atoms with E-state index in [0.717, 1.165) is 0 Å². The Hall–Kier alpha value is -1.77. The highest BCUT2D eigenvalue weighted by molar-refractivity contribution is 7.90. The number of aryl methyl sites for hydroxylation is 1. The second-order valence-electron chi connectivity index (χ2n) is 5.90. The number of aromatic nitrogens is 4. The summed E-state index contributed by atoms with van der Waals surface area (Å²) in [6.07, 6.45) is 0. The number of nitrogens with zero attached hydrogens (tertiary/aromatic N) is 4. The summed E-state index contributed by atoms with van der Waals surface area (Å²) in [5.74, 6) is 0.639. The number of rotatable bonds is 4. The molecule has 8 nitrogen and oxygen atoms in total. The summed E-state index contributed by atoms with van der Waals surface area (Å²) in [6, 6.07) is 0. The van der Waals surface area contributed by atoms with Crippen LogP contribution in [0.4, 0.5) is 0 Å². The zero-order valence-corrected chi connectivity index (χ0v) is 13.4. The molecule has 0 bridgehead atoms. The van der Waals surface area contributed by atoms with E-state index in [1.165, 1.54) is 6.92 Å². The summed E-state index contributed by atoms with van der Waals surface area (Å²) >= 11 is 0. The van der Waals surface area contributed by atoms with Crippen LogP contribution in [0.25, 0.3) is 0 Å². The third-order valence-corrected chi connectivity index (χ3v) is 4.81. The monoisotopic (exact) mass is 314 g/mol. The molecule has 1 unspecified atom stereocenters. The zero-order chi connectivity index (χ0) is 15.8. The highest BCUT2D eigenvalue weighted by atomic mass is 32.2. The average molecular weight is 314 g/mol. The molecule has 21 heavy (non-hydrogen) atoms. The lowest BCUT2D eigenvalue weighted by molar-refractivity contribution is 0.318. The van der Waals surface area contributed by atoms with E-state index in [9.17, 15) is 8.42 Å². The van der Waals surface area contributed by atoms with Gasteiger partial charge in [0.1, 0.15) is 11.0 Å². The highest BCUT2D eigenvalue weighted by Crippen LogP contribution is 2.25. The van der Waals surface area contributed by atoms with E-state index in [0.29, 0.717) is 11.7 Å². The van der Waals surface area contributed by atoms with Gasteiger partial charge in [0.15, 0.2) is 21.5 Å². The molecule has 0 aliphatic rings. The quantitative estimate of drug-likeness (QED) is 0.838. The first kappa shape index (κ1) is 15.6. The third-order valence-electron chi connectivity index (χ3n) is 2.87. The Morgan fingerprint density at radius 3 is 2.29 bits per heavy atom. The maximum Gasteiger partial charge on any atom is 0.244 e. The molecule has 1 atom stereocenters. The molecular weight excluding hydrogens is 296 g/mol. The molecule has 2 aromatic rings. The predicted molar refractivity (Wildman–Crippen MR) is 73.1 cm³/mol. The van der Waals surface area contributed by atoms with Crippen LogP contribution in [0.15, 0.2) is 9.05 Å². The Morgan fingerprint density at radius 2 is 1.81 bits per heavy atom. The molecule has 0 radical (unpaired) electrons. The van der Waals surface area contributed by atoms with E-state index in [-0.39, 0.29) is 22.9 Å². The smallest absolute Gasteiger partial charge is 0.244 e. The molecule has 0 fully saturated rings. The summed E-state index contributed by atoms with van der Waals surface area (Å²) in [5, 5.41) is 6.39. The minimum atomic E-state index is -3.57. The molecule has 116 valence electrons. The first-order valence-electron chi connectivity index (χ1n) is 6.44. The predicted octanol–water partition coefficient (Wildman–Crippen LogP) is 1.73. The summed E-state index contributed by atoms with van der Waals surface area (Å²) in [5.41, 5.74) is -0.329. The maximum atomic E-state index is 12.3. The van der Waals surface area contributed by atoms with Crippen LogP contribution in [0, 0.1) is 6.92 Å². The molecule has 9 heteroatoms. The van der Waals surface area contributed by atoms with Gasteiger partial charge in [0.2, 0.25) is 11.8 Å². The Kier molecular flexibility index (Phi) is 3.87. The molecule has 0 aliphatic carbocycles. The second-order valence-corrected chi connectivity index (χ2v) is 8.22. The van der Waals surface area contributed by atoms with E-state index in [1.54, 1.807) is 6.92 Å². The Balaban J connectivity index is 2.19. The van der Waals surface area contributed by atoms with E-state index in [2.05, 4.69) is 20.3 Å². The van der Waals surface area contributed by atoms with E-state index >= 15 is 0 Å². The fraction of sp³-hybridized carbons (Fsp3) is 0.667. The van der Waals surface area contributed by atoms with Crippen molar-refractivity contribution in [2.24, 2.45) is 0 Å². The second kappa shape index (κ2) is 5.21. The van der Waals surface area contributed by atoms with Crippen molar-refractivity contribution in [1.82, 2.24) is 20.3 Å². The Morgan fingerprint density at radius 1 is 1.14 bits per heavy atom. The van der Waals surface area contributed by atoms with Gasteiger partial charge in [-0.3, -0.25) is 0 Å². The number of hydrogen-bond acceptors (Lipinski definition) is 8. The molecule has 0 spiro atoms. The van der Waals surface area contributed by atoms with Gasteiger partial charge in [0.25, 0.3) is 0 Å². The van der Waals surface area contributed by atoms with E-state index in [1.807, 2.05) is 20.8 Å². The molecule has 0 saturated heterocycles. The first-order chi connectivity index (χ1) is 9.59. The molecule has 0 aromatic carbocycles. The van der Waals surface area contributed by atoms with Gasteiger partial charge >= 0.3 is 0 Å². The molecular formula is C12H18N4O4S. The van der Waals surface area contributed by atoms with Gasteiger partial charge in [-0.05, 0) is 13.8 Å². The average Bonchev–Trinajstić information content (AvgIpc) is 2.96. The van der Waals surface area contributed by atoms with Crippen LogP contribution in [0.5, 0.6) is 0 Å². The van der Waals surface area contributed by atoms with Crippen molar-refractivity contribution in [3.63, 3.8) is 0 Å². The zero-order valence-electron chi connectivity index (χ0n) is 12.6. The maximum absolute atomic E-state index is 12.3. The van der Waals surface area contributed by atoms with Crippen molar-refractivity contribution in [3.05, 3.63) is 23.4 Å². The van der Waals surface area contributed by atoms with Crippen LogP contribution < -0.4 is 0 Å². The molecule has 0 N–H and O–H groups in total. The standard InChI is InChI=1S/C12H18N4O4S/c1-7(10-13-8(2)15-19-10)21(17,18)6-9-14-11(20-16-9)12(3,4)5/h7H,6H2,1-5H3. The van der Waals surface area contributed by atoms with Crippen LogP contribution in [0.2, 0.25) is 0 Å². The summed E-state index contributed by atoms with van der Waals surface area (Å²) < 4.78 is 34.6. The molecule has 0 amide bonds. The lowest BCUT2D eigenvalue weighted by Gasteiger charge is -2.10. The lowest BCUT2D eigenvalue weighted by atomic mass is 9.97. The van der Waals surface area contributed by atoms with Crippen molar-refractivity contribution in [2.45, 2.75) is 51.0 Å². The van der Waals surface area contributed by atoms with Gasteiger partial charge in [0.05, 0.1) is 0 Å². The van der Waals surface area contributed by atoms with Gasteiger partial charge in [-0.15, -0.1) is 0 Å². The third kappa shape index (κ3) is 3.46. The van der Waals surface area contributed by atoms with Crippen LogP contribution in [-0.4, -0.2) is 28.7 Å². The van der Waals surface area contributed by atoms with Crippen LogP contribution in [-0.2, 0) is 21.0 Å². The van der Waals surface area contributed by atoms with Crippen LogP contribution in [0.3, 0.4) is 0 Å². The molecule has 2 rings (SSSR count). The fourth-order valence-electron chi connectivity index (χ4n) is 1.55.